The molecule has 3 N–H and O–H groups in total. The van der Waals surface area contributed by atoms with Gasteiger partial charge >= 0.3 is 0 Å². The predicted molar refractivity (Wildman–Crippen MR) is 137 cm³/mol. The molecule has 1 aliphatic rings. The summed E-state index contributed by atoms with van der Waals surface area (Å²) in [7, 11) is 1.70. The summed E-state index contributed by atoms with van der Waals surface area (Å²) in [5.41, 5.74) is 1.81. The van der Waals surface area contributed by atoms with Gasteiger partial charge in [0.25, 0.3) is 5.91 Å². The molecule has 3 aromatic rings. The zero-order chi connectivity index (χ0) is 26.0. The van der Waals surface area contributed by atoms with E-state index in [1.807, 2.05) is 6.07 Å². The Morgan fingerprint density at radius 3 is 2.64 bits per heavy atom. The van der Waals surface area contributed by atoms with E-state index in [-0.39, 0.29) is 35.4 Å². The molecule has 1 aromatic carbocycles. The predicted octanol–water partition coefficient (Wildman–Crippen LogP) is 4.20. The number of piperidine rings is 1. The number of furan rings is 1. The molecule has 190 valence electrons. The summed E-state index contributed by atoms with van der Waals surface area (Å²) in [5.74, 6) is -1.08. The molecule has 0 bridgehead atoms. The van der Waals surface area contributed by atoms with E-state index in [9.17, 15) is 14.4 Å². The summed E-state index contributed by atoms with van der Waals surface area (Å²) in [6, 6.07) is 6.16. The lowest BCUT2D eigenvalue weighted by Crippen LogP contribution is -2.54. The molecule has 0 saturated carbocycles. The van der Waals surface area contributed by atoms with Gasteiger partial charge < -0.3 is 15.1 Å². The lowest BCUT2D eigenvalue weighted by atomic mass is 9.81. The highest BCUT2D eigenvalue weighted by molar-refractivity contribution is 6.42. The third kappa shape index (κ3) is 5.71. The normalized spacial score (nSPS) is 19.6. The van der Waals surface area contributed by atoms with Gasteiger partial charge in [-0.3, -0.25) is 24.4 Å². The van der Waals surface area contributed by atoms with Crippen molar-refractivity contribution in [3.63, 3.8) is 0 Å². The van der Waals surface area contributed by atoms with Crippen LogP contribution in [0.15, 0.2) is 34.9 Å². The van der Waals surface area contributed by atoms with Gasteiger partial charge in [0.05, 0.1) is 32.5 Å². The van der Waals surface area contributed by atoms with Gasteiger partial charge in [-0.1, -0.05) is 40.9 Å². The molecule has 1 saturated heterocycles. The number of nitrogens with one attached hydrogen (secondary N) is 3. The Balaban J connectivity index is 1.57. The van der Waals surface area contributed by atoms with Crippen molar-refractivity contribution in [3.05, 3.63) is 62.1 Å². The summed E-state index contributed by atoms with van der Waals surface area (Å²) >= 11 is 24.8. The lowest BCUT2D eigenvalue weighted by Gasteiger charge is -2.37. The van der Waals surface area contributed by atoms with Crippen molar-refractivity contribution in [2.24, 2.45) is 7.05 Å². The van der Waals surface area contributed by atoms with E-state index < -0.39 is 11.8 Å². The first-order valence-corrected chi connectivity index (χ1v) is 12.4. The summed E-state index contributed by atoms with van der Waals surface area (Å²) in [6.07, 6.45) is 2.41. The molecule has 36 heavy (non-hydrogen) atoms. The van der Waals surface area contributed by atoms with Crippen LogP contribution in [-0.4, -0.2) is 46.6 Å². The summed E-state index contributed by atoms with van der Waals surface area (Å²) < 4.78 is 7.07. The van der Waals surface area contributed by atoms with Gasteiger partial charge in [-0.15, -0.1) is 0 Å². The molecule has 2 aromatic heterocycles. The Labute approximate surface area is 226 Å². The zero-order valence-corrected chi connectivity index (χ0v) is 21.9. The number of nitrogens with zero attached hydrogens (tertiary/aromatic N) is 2. The first kappa shape index (κ1) is 26.5. The largest absolute Gasteiger partial charge is 0.439 e. The number of halogens is 4. The minimum Gasteiger partial charge on any atom is -0.439 e. The third-order valence-corrected chi connectivity index (χ3v) is 7.35. The second-order valence-electron chi connectivity index (χ2n) is 8.35. The smallest absolute Gasteiger partial charge is 0.287 e. The van der Waals surface area contributed by atoms with Crippen LogP contribution in [0.3, 0.4) is 0 Å². The molecule has 0 aliphatic carbocycles. The van der Waals surface area contributed by atoms with Gasteiger partial charge in [0.2, 0.25) is 17.5 Å². The minimum atomic E-state index is -0.476. The standard InChI is InChI=1S/C23H21Cl4N5O4/c1-32-21(17(26)8-30-32)14-7-19(36-22(14)27)23(35)31-18-9-28-12(6-20(34)29-10-33)5-13(18)11-2-3-15(24)16(25)4-11/h2-4,7-8,10,12-13,18,28H,5-6,9H2,1H3,(H,31,35)(H,29,33,34)/t12?,13-,18+/m0/s1. The van der Waals surface area contributed by atoms with Crippen molar-refractivity contribution < 1.29 is 18.8 Å². The van der Waals surface area contributed by atoms with E-state index >= 15 is 0 Å². The van der Waals surface area contributed by atoms with Crippen LogP contribution in [0, 0.1) is 0 Å². The van der Waals surface area contributed by atoms with E-state index in [4.69, 9.17) is 50.8 Å². The highest BCUT2D eigenvalue weighted by Crippen LogP contribution is 2.36. The highest BCUT2D eigenvalue weighted by atomic mass is 35.5. The van der Waals surface area contributed by atoms with Crippen molar-refractivity contribution in [1.29, 1.82) is 0 Å². The second kappa shape index (κ2) is 11.2. The lowest BCUT2D eigenvalue weighted by molar-refractivity contribution is -0.125. The van der Waals surface area contributed by atoms with Crippen LogP contribution in [-0.2, 0) is 16.6 Å². The first-order chi connectivity index (χ1) is 17.2. The number of carbonyl (C=O) groups is 3. The fourth-order valence-electron chi connectivity index (χ4n) is 4.35. The quantitative estimate of drug-likeness (QED) is 0.365. The molecule has 3 heterocycles. The number of hydrogen-bond acceptors (Lipinski definition) is 6. The first-order valence-electron chi connectivity index (χ1n) is 10.9. The van der Waals surface area contributed by atoms with Crippen LogP contribution in [0.5, 0.6) is 0 Å². The van der Waals surface area contributed by atoms with Crippen LogP contribution < -0.4 is 16.0 Å². The van der Waals surface area contributed by atoms with Gasteiger partial charge in [0.1, 0.15) is 0 Å². The van der Waals surface area contributed by atoms with Crippen LogP contribution >= 0.6 is 46.4 Å². The Morgan fingerprint density at radius 2 is 1.97 bits per heavy atom. The van der Waals surface area contributed by atoms with Crippen LogP contribution in [0.25, 0.3) is 11.3 Å². The van der Waals surface area contributed by atoms with E-state index in [0.717, 1.165) is 5.56 Å². The second-order valence-corrected chi connectivity index (χ2v) is 9.92. The molecule has 1 aliphatic heterocycles. The average molecular weight is 573 g/mol. The van der Waals surface area contributed by atoms with Gasteiger partial charge in [-0.2, -0.15) is 5.10 Å². The third-order valence-electron chi connectivity index (χ3n) is 6.05. The molecule has 4 rings (SSSR count). The van der Waals surface area contributed by atoms with Crippen molar-refractivity contribution in [1.82, 2.24) is 25.7 Å². The Morgan fingerprint density at radius 1 is 1.19 bits per heavy atom. The van der Waals surface area contributed by atoms with Crippen molar-refractivity contribution in [2.45, 2.75) is 30.8 Å². The summed E-state index contributed by atoms with van der Waals surface area (Å²) in [5, 5.41) is 13.6. The summed E-state index contributed by atoms with van der Waals surface area (Å²) in [6.45, 7) is 0.352. The van der Waals surface area contributed by atoms with Gasteiger partial charge in [0.15, 0.2) is 5.76 Å². The Bertz CT molecular complexity index is 1290. The SMILES string of the molecule is Cn1ncc(Cl)c1-c1cc(C(=O)N[C@@H]2CNC(CC(=O)NC=O)C[C@H]2c2ccc(Cl)c(Cl)c2)oc1Cl. The Kier molecular flexibility index (Phi) is 8.27. The van der Waals surface area contributed by atoms with E-state index in [0.29, 0.717) is 45.7 Å². The van der Waals surface area contributed by atoms with E-state index in [2.05, 4.69) is 21.0 Å². The molecule has 1 unspecified atom stereocenters. The fraction of sp³-hybridized carbons (Fsp3) is 0.304. The molecule has 13 heteroatoms. The van der Waals surface area contributed by atoms with E-state index in [1.165, 1.54) is 16.9 Å². The van der Waals surface area contributed by atoms with Crippen LogP contribution in [0.1, 0.15) is 34.9 Å². The fourth-order valence-corrected chi connectivity index (χ4v) is 5.15. The number of aryl methyl sites for hydroxylation is 1. The van der Waals surface area contributed by atoms with Gasteiger partial charge in [0, 0.05) is 44.1 Å². The van der Waals surface area contributed by atoms with Crippen molar-refractivity contribution in [2.75, 3.05) is 6.54 Å². The number of aromatic nitrogens is 2. The number of benzene rings is 1. The highest BCUT2D eigenvalue weighted by Gasteiger charge is 2.34. The molecular formula is C23H21Cl4N5O4. The minimum absolute atomic E-state index is 0.00707. The van der Waals surface area contributed by atoms with Crippen molar-refractivity contribution >= 4 is 64.6 Å². The Hall–Kier alpha value is -2.56. The number of imide groups is 1. The maximum atomic E-state index is 13.2. The molecule has 0 spiro atoms. The number of rotatable bonds is 7. The van der Waals surface area contributed by atoms with Gasteiger partial charge in [-0.05, 0) is 35.7 Å². The molecular weight excluding hydrogens is 552 g/mol. The monoisotopic (exact) mass is 571 g/mol. The maximum Gasteiger partial charge on any atom is 0.287 e. The van der Waals surface area contributed by atoms with Crippen LogP contribution in [0.4, 0.5) is 0 Å². The maximum absolute atomic E-state index is 13.2. The van der Waals surface area contributed by atoms with Crippen LogP contribution in [0.2, 0.25) is 20.3 Å². The molecule has 0 radical (unpaired) electrons. The molecule has 9 nitrogen and oxygen atoms in total. The average Bonchev–Trinajstić information content (AvgIpc) is 3.37. The van der Waals surface area contributed by atoms with Gasteiger partial charge in [-0.25, -0.2) is 0 Å². The molecule has 3 atom stereocenters. The summed E-state index contributed by atoms with van der Waals surface area (Å²) in [4.78, 5) is 35.7. The molecule has 3 amide bonds. The number of amides is 3. The van der Waals surface area contributed by atoms with Crippen molar-refractivity contribution in [3.8, 4) is 11.3 Å². The van der Waals surface area contributed by atoms with E-state index in [1.54, 1.807) is 19.2 Å². The number of hydrogen-bond donors (Lipinski definition) is 3. The zero-order valence-electron chi connectivity index (χ0n) is 18.9. The topological polar surface area (TPSA) is 118 Å². The molecule has 1 fully saturated rings. The number of carbonyl (C=O) groups excluding carboxylic acids is 3.